The summed E-state index contributed by atoms with van der Waals surface area (Å²) >= 11 is 0. The highest BCUT2D eigenvalue weighted by Gasteiger charge is 2.21. The number of rotatable bonds is 5. The first kappa shape index (κ1) is 14.4. The number of aryl methyl sites for hydroxylation is 1. The Morgan fingerprint density at radius 1 is 1.21 bits per heavy atom. The van der Waals surface area contributed by atoms with Crippen LogP contribution in [0.1, 0.15) is 18.9 Å². The van der Waals surface area contributed by atoms with Crippen molar-refractivity contribution in [3.05, 3.63) is 29.8 Å². The molecule has 2 rings (SSSR count). The van der Waals surface area contributed by atoms with Gasteiger partial charge in [0.2, 0.25) is 0 Å². The van der Waals surface area contributed by atoms with E-state index in [-0.39, 0.29) is 0 Å². The van der Waals surface area contributed by atoms with E-state index in [0.717, 1.165) is 19.1 Å². The minimum atomic E-state index is 0.730. The third-order valence-electron chi connectivity index (χ3n) is 4.14. The Kier molecular flexibility index (Phi) is 5.23. The molecule has 1 atom stereocenters. The van der Waals surface area contributed by atoms with Gasteiger partial charge in [-0.3, -0.25) is 4.90 Å². The summed E-state index contributed by atoms with van der Waals surface area (Å²) in [5.74, 6) is 0. The molecule has 0 aliphatic carbocycles. The molecule has 0 radical (unpaired) electrons. The Morgan fingerprint density at radius 2 is 1.95 bits per heavy atom. The number of hydrogen-bond donors (Lipinski definition) is 1. The van der Waals surface area contributed by atoms with Gasteiger partial charge in [-0.25, -0.2) is 0 Å². The molecule has 1 aromatic carbocycles. The first-order valence-electron chi connectivity index (χ1n) is 7.42. The van der Waals surface area contributed by atoms with Crippen molar-refractivity contribution in [2.24, 2.45) is 0 Å². The van der Waals surface area contributed by atoms with Gasteiger partial charge >= 0.3 is 0 Å². The number of piperazine rings is 1. The molecule has 1 N–H and O–H groups in total. The fraction of sp³-hybridized carbons (Fsp3) is 0.625. The minimum Gasteiger partial charge on any atom is -0.384 e. The second kappa shape index (κ2) is 6.92. The lowest BCUT2D eigenvalue weighted by atomic mass is 10.1. The summed E-state index contributed by atoms with van der Waals surface area (Å²) in [7, 11) is 2.25. The van der Waals surface area contributed by atoms with Crippen molar-refractivity contribution >= 4 is 5.69 Å². The zero-order chi connectivity index (χ0) is 13.7. The van der Waals surface area contributed by atoms with Gasteiger partial charge in [-0.2, -0.15) is 0 Å². The highest BCUT2D eigenvalue weighted by Crippen LogP contribution is 2.11. The van der Waals surface area contributed by atoms with Gasteiger partial charge in [0.25, 0.3) is 0 Å². The van der Waals surface area contributed by atoms with E-state index in [9.17, 15) is 0 Å². The van der Waals surface area contributed by atoms with E-state index in [1.807, 2.05) is 0 Å². The molecular formula is C16H27N3. The number of likely N-dealkylation sites (N-methyl/N-ethyl adjacent to an activating group) is 1. The van der Waals surface area contributed by atoms with Crippen molar-refractivity contribution in [2.45, 2.75) is 26.3 Å². The highest BCUT2D eigenvalue weighted by molar-refractivity contribution is 5.44. The van der Waals surface area contributed by atoms with Crippen LogP contribution in [0.3, 0.4) is 0 Å². The van der Waals surface area contributed by atoms with E-state index >= 15 is 0 Å². The molecule has 1 aromatic rings. The predicted molar refractivity (Wildman–Crippen MR) is 82.8 cm³/mol. The molecular weight excluding hydrogens is 234 g/mol. The van der Waals surface area contributed by atoms with Crippen LogP contribution in [0, 0.1) is 6.92 Å². The third-order valence-corrected chi connectivity index (χ3v) is 4.14. The summed E-state index contributed by atoms with van der Waals surface area (Å²) in [5.41, 5.74) is 2.54. The van der Waals surface area contributed by atoms with Gasteiger partial charge in [0, 0.05) is 44.5 Å². The maximum atomic E-state index is 3.51. The normalized spacial score (nSPS) is 21.5. The van der Waals surface area contributed by atoms with Gasteiger partial charge in [-0.15, -0.1) is 0 Å². The first-order chi connectivity index (χ1) is 9.19. The number of hydrogen-bond acceptors (Lipinski definition) is 3. The van der Waals surface area contributed by atoms with Crippen LogP contribution < -0.4 is 5.32 Å². The lowest BCUT2D eigenvalue weighted by molar-refractivity contribution is 0.0963. The van der Waals surface area contributed by atoms with E-state index in [0.29, 0.717) is 0 Å². The van der Waals surface area contributed by atoms with Gasteiger partial charge in [0.05, 0.1) is 0 Å². The zero-order valence-electron chi connectivity index (χ0n) is 12.5. The molecule has 3 heteroatoms. The zero-order valence-corrected chi connectivity index (χ0v) is 12.5. The molecule has 1 aliphatic rings. The summed E-state index contributed by atoms with van der Waals surface area (Å²) in [4.78, 5) is 5.07. The minimum absolute atomic E-state index is 0.730. The summed E-state index contributed by atoms with van der Waals surface area (Å²) < 4.78 is 0. The Morgan fingerprint density at radius 3 is 2.63 bits per heavy atom. The third kappa shape index (κ3) is 4.22. The number of benzene rings is 1. The lowest BCUT2D eigenvalue weighted by Crippen LogP contribution is -2.51. The van der Waals surface area contributed by atoms with E-state index in [4.69, 9.17) is 0 Å². The summed E-state index contributed by atoms with van der Waals surface area (Å²) in [6.45, 7) is 10.2. The second-order valence-corrected chi connectivity index (χ2v) is 5.64. The van der Waals surface area contributed by atoms with Gasteiger partial charge in [0.15, 0.2) is 0 Å². The van der Waals surface area contributed by atoms with Gasteiger partial charge in [-0.05, 0) is 32.5 Å². The van der Waals surface area contributed by atoms with Crippen molar-refractivity contribution in [1.82, 2.24) is 9.80 Å². The van der Waals surface area contributed by atoms with E-state index in [2.05, 4.69) is 60.3 Å². The van der Waals surface area contributed by atoms with Crippen molar-refractivity contribution in [3.63, 3.8) is 0 Å². The predicted octanol–water partition coefficient (Wildman–Crippen LogP) is 2.43. The van der Waals surface area contributed by atoms with Crippen LogP contribution in [0.5, 0.6) is 0 Å². The Labute approximate surface area is 117 Å². The molecule has 0 saturated carbocycles. The quantitative estimate of drug-likeness (QED) is 0.878. The average molecular weight is 261 g/mol. The fourth-order valence-electron chi connectivity index (χ4n) is 2.68. The summed E-state index contributed by atoms with van der Waals surface area (Å²) in [6, 6.07) is 9.37. The molecule has 106 valence electrons. The molecule has 0 spiro atoms. The van der Waals surface area contributed by atoms with Gasteiger partial charge in [0.1, 0.15) is 0 Å². The molecule has 0 bridgehead atoms. The van der Waals surface area contributed by atoms with E-state index < -0.39 is 0 Å². The number of nitrogens with one attached hydrogen (secondary N) is 1. The van der Waals surface area contributed by atoms with Crippen LogP contribution in [0.4, 0.5) is 5.69 Å². The SMILES string of the molecule is CCC1CN(CCNc2ccc(C)cc2)CCN1C. The molecule has 0 amide bonds. The fourth-order valence-corrected chi connectivity index (χ4v) is 2.68. The topological polar surface area (TPSA) is 18.5 Å². The maximum Gasteiger partial charge on any atom is 0.0340 e. The molecule has 0 aromatic heterocycles. The van der Waals surface area contributed by atoms with Gasteiger partial charge < -0.3 is 10.2 Å². The average Bonchev–Trinajstić information content (AvgIpc) is 2.43. The second-order valence-electron chi connectivity index (χ2n) is 5.64. The Hall–Kier alpha value is -1.06. The monoisotopic (exact) mass is 261 g/mol. The lowest BCUT2D eigenvalue weighted by Gasteiger charge is -2.39. The molecule has 1 heterocycles. The molecule has 1 aliphatic heterocycles. The van der Waals surface area contributed by atoms with Crippen LogP contribution in [-0.2, 0) is 0 Å². The number of anilines is 1. The molecule has 19 heavy (non-hydrogen) atoms. The van der Waals surface area contributed by atoms with Crippen LogP contribution in [-0.4, -0.2) is 55.6 Å². The van der Waals surface area contributed by atoms with Crippen molar-refractivity contribution in [2.75, 3.05) is 45.1 Å². The summed E-state index contributed by atoms with van der Waals surface area (Å²) in [5, 5.41) is 3.51. The van der Waals surface area contributed by atoms with E-state index in [1.165, 1.54) is 37.3 Å². The largest absolute Gasteiger partial charge is 0.384 e. The van der Waals surface area contributed by atoms with Crippen LogP contribution in [0.2, 0.25) is 0 Å². The van der Waals surface area contributed by atoms with Gasteiger partial charge in [-0.1, -0.05) is 24.6 Å². The smallest absolute Gasteiger partial charge is 0.0340 e. The molecule has 3 nitrogen and oxygen atoms in total. The van der Waals surface area contributed by atoms with Crippen LogP contribution >= 0.6 is 0 Å². The van der Waals surface area contributed by atoms with E-state index in [1.54, 1.807) is 0 Å². The van der Waals surface area contributed by atoms with Crippen molar-refractivity contribution in [3.8, 4) is 0 Å². The van der Waals surface area contributed by atoms with Crippen LogP contribution in [0.15, 0.2) is 24.3 Å². The molecule has 1 saturated heterocycles. The van der Waals surface area contributed by atoms with Crippen LogP contribution in [0.25, 0.3) is 0 Å². The Bertz CT molecular complexity index is 374. The van der Waals surface area contributed by atoms with Crippen molar-refractivity contribution in [1.29, 1.82) is 0 Å². The Balaban J connectivity index is 1.72. The first-order valence-corrected chi connectivity index (χ1v) is 7.42. The highest BCUT2D eigenvalue weighted by atomic mass is 15.3. The van der Waals surface area contributed by atoms with Crippen molar-refractivity contribution < 1.29 is 0 Å². The standard InChI is InChI=1S/C16H27N3/c1-4-16-13-19(12-11-18(16)3)10-9-17-15-7-5-14(2)6-8-15/h5-8,16-17H,4,9-13H2,1-3H3. The molecule has 1 unspecified atom stereocenters. The molecule has 1 fully saturated rings. The number of nitrogens with zero attached hydrogens (tertiary/aromatic N) is 2. The summed E-state index contributed by atoms with van der Waals surface area (Å²) in [6.07, 6.45) is 1.25. The maximum absolute atomic E-state index is 3.51.